The van der Waals surface area contributed by atoms with Gasteiger partial charge in [0.15, 0.2) is 5.11 Å². The van der Waals surface area contributed by atoms with Crippen LogP contribution in [0.5, 0.6) is 0 Å². The van der Waals surface area contributed by atoms with Crippen LogP contribution >= 0.6 is 12.2 Å². The van der Waals surface area contributed by atoms with E-state index in [-0.39, 0.29) is 0 Å². The maximum absolute atomic E-state index is 5.02. The van der Waals surface area contributed by atoms with Gasteiger partial charge in [-0.05, 0) is 42.3 Å². The molecule has 1 rings (SSSR count). The van der Waals surface area contributed by atoms with Gasteiger partial charge in [0.1, 0.15) is 0 Å². The van der Waals surface area contributed by atoms with Crippen molar-refractivity contribution in [1.82, 2.24) is 5.32 Å². The molecule has 0 amide bonds. The molecular formula is C12H18N2S. The number of hydrogen-bond donors (Lipinski definition) is 2. The van der Waals surface area contributed by atoms with Crippen molar-refractivity contribution in [2.24, 2.45) is 0 Å². The molecule has 1 aromatic rings. The van der Waals surface area contributed by atoms with Gasteiger partial charge in [0, 0.05) is 12.7 Å². The molecule has 1 aromatic carbocycles. The van der Waals surface area contributed by atoms with Gasteiger partial charge in [0.05, 0.1) is 0 Å². The van der Waals surface area contributed by atoms with Crippen LogP contribution in [0.2, 0.25) is 0 Å². The van der Waals surface area contributed by atoms with Gasteiger partial charge in [-0.1, -0.05) is 26.0 Å². The van der Waals surface area contributed by atoms with Crippen LogP contribution in [0.15, 0.2) is 24.3 Å². The lowest BCUT2D eigenvalue weighted by Crippen LogP contribution is -2.24. The van der Waals surface area contributed by atoms with E-state index in [1.807, 2.05) is 7.05 Å². The van der Waals surface area contributed by atoms with Gasteiger partial charge in [-0.25, -0.2) is 0 Å². The third-order valence-corrected chi connectivity index (χ3v) is 2.88. The molecule has 0 aliphatic heterocycles. The second kappa shape index (κ2) is 5.71. The van der Waals surface area contributed by atoms with Crippen molar-refractivity contribution in [3.8, 4) is 0 Å². The lowest BCUT2D eigenvalue weighted by atomic mass is 9.99. The Kier molecular flexibility index (Phi) is 4.56. The minimum absolute atomic E-state index is 0.621. The molecular weight excluding hydrogens is 204 g/mol. The normalized spacial score (nSPS) is 11.9. The average molecular weight is 222 g/mol. The maximum Gasteiger partial charge on any atom is 0.170 e. The molecule has 0 spiro atoms. The Bertz CT molecular complexity index is 319. The summed E-state index contributed by atoms with van der Waals surface area (Å²) in [6.45, 7) is 4.44. The quantitative estimate of drug-likeness (QED) is 0.768. The molecule has 0 fully saturated rings. The van der Waals surface area contributed by atoms with Crippen LogP contribution in [-0.2, 0) is 0 Å². The van der Waals surface area contributed by atoms with E-state index in [0.29, 0.717) is 11.0 Å². The molecule has 0 radical (unpaired) electrons. The Hall–Kier alpha value is -1.09. The summed E-state index contributed by atoms with van der Waals surface area (Å²) in [5.41, 5.74) is 2.40. The number of rotatable bonds is 3. The largest absolute Gasteiger partial charge is 0.366 e. The van der Waals surface area contributed by atoms with E-state index in [9.17, 15) is 0 Å². The SMILES string of the molecule is CC[C@H](C)c1ccc(NC(=S)NC)cc1. The van der Waals surface area contributed by atoms with E-state index in [1.54, 1.807) is 0 Å². The van der Waals surface area contributed by atoms with Crippen molar-refractivity contribution >= 4 is 23.0 Å². The van der Waals surface area contributed by atoms with Gasteiger partial charge < -0.3 is 10.6 Å². The first-order chi connectivity index (χ1) is 7.17. The highest BCUT2D eigenvalue weighted by Gasteiger charge is 2.02. The standard InChI is InChI=1S/C12H18N2S/c1-4-9(2)10-5-7-11(8-6-10)14-12(15)13-3/h5-9H,4H2,1-3H3,(H2,13,14,15)/t9-/m0/s1. The fraction of sp³-hybridized carbons (Fsp3) is 0.417. The molecule has 0 aliphatic carbocycles. The van der Waals surface area contributed by atoms with Crippen LogP contribution in [0.25, 0.3) is 0 Å². The summed E-state index contributed by atoms with van der Waals surface area (Å²) < 4.78 is 0. The molecule has 3 heteroatoms. The first kappa shape index (κ1) is 12.0. The number of nitrogens with one attached hydrogen (secondary N) is 2. The minimum atomic E-state index is 0.621. The number of thiocarbonyl (C=S) groups is 1. The third-order valence-electron chi connectivity index (χ3n) is 2.58. The first-order valence-electron chi connectivity index (χ1n) is 5.26. The zero-order valence-electron chi connectivity index (χ0n) is 9.50. The average Bonchev–Trinajstić information content (AvgIpc) is 2.29. The molecule has 2 N–H and O–H groups in total. The van der Waals surface area contributed by atoms with Crippen LogP contribution in [0.1, 0.15) is 31.7 Å². The predicted octanol–water partition coefficient (Wildman–Crippen LogP) is 3.12. The van der Waals surface area contributed by atoms with Gasteiger partial charge in [0.2, 0.25) is 0 Å². The molecule has 0 saturated carbocycles. The Morgan fingerprint density at radius 1 is 1.33 bits per heavy atom. The summed E-state index contributed by atoms with van der Waals surface area (Å²) in [4.78, 5) is 0. The van der Waals surface area contributed by atoms with Crippen molar-refractivity contribution in [1.29, 1.82) is 0 Å². The molecule has 2 nitrogen and oxygen atoms in total. The fourth-order valence-corrected chi connectivity index (χ4v) is 1.44. The zero-order chi connectivity index (χ0) is 11.3. The number of hydrogen-bond acceptors (Lipinski definition) is 1. The Morgan fingerprint density at radius 2 is 1.93 bits per heavy atom. The molecule has 0 unspecified atom stereocenters. The number of anilines is 1. The zero-order valence-corrected chi connectivity index (χ0v) is 10.3. The Morgan fingerprint density at radius 3 is 2.40 bits per heavy atom. The van der Waals surface area contributed by atoms with Gasteiger partial charge in [-0.15, -0.1) is 0 Å². The van der Waals surface area contributed by atoms with Crippen LogP contribution in [0.3, 0.4) is 0 Å². The van der Waals surface area contributed by atoms with Crippen LogP contribution in [0, 0.1) is 0 Å². The van der Waals surface area contributed by atoms with Crippen molar-refractivity contribution in [3.05, 3.63) is 29.8 Å². The van der Waals surface area contributed by atoms with Crippen LogP contribution in [0.4, 0.5) is 5.69 Å². The van der Waals surface area contributed by atoms with Crippen LogP contribution < -0.4 is 10.6 Å². The summed E-state index contributed by atoms with van der Waals surface area (Å²) in [6.07, 6.45) is 1.17. The molecule has 82 valence electrons. The highest BCUT2D eigenvalue weighted by atomic mass is 32.1. The van der Waals surface area contributed by atoms with Gasteiger partial charge in [-0.2, -0.15) is 0 Å². The van der Waals surface area contributed by atoms with Crippen molar-refractivity contribution in [2.75, 3.05) is 12.4 Å². The lowest BCUT2D eigenvalue weighted by Gasteiger charge is -2.11. The third kappa shape index (κ3) is 3.51. The molecule has 15 heavy (non-hydrogen) atoms. The van der Waals surface area contributed by atoms with E-state index < -0.39 is 0 Å². The Balaban J connectivity index is 2.68. The summed E-state index contributed by atoms with van der Waals surface area (Å²) >= 11 is 5.02. The minimum Gasteiger partial charge on any atom is -0.366 e. The molecule has 0 saturated heterocycles. The smallest absolute Gasteiger partial charge is 0.170 e. The van der Waals surface area contributed by atoms with E-state index in [4.69, 9.17) is 12.2 Å². The molecule has 0 aliphatic rings. The monoisotopic (exact) mass is 222 g/mol. The van der Waals surface area contributed by atoms with Crippen molar-refractivity contribution in [3.63, 3.8) is 0 Å². The fourth-order valence-electron chi connectivity index (χ4n) is 1.32. The van der Waals surface area contributed by atoms with Crippen molar-refractivity contribution < 1.29 is 0 Å². The first-order valence-corrected chi connectivity index (χ1v) is 5.67. The van der Waals surface area contributed by atoms with Gasteiger partial charge >= 0.3 is 0 Å². The van der Waals surface area contributed by atoms with E-state index >= 15 is 0 Å². The van der Waals surface area contributed by atoms with E-state index in [0.717, 1.165) is 5.69 Å². The van der Waals surface area contributed by atoms with E-state index in [1.165, 1.54) is 12.0 Å². The molecule has 0 heterocycles. The maximum atomic E-state index is 5.02. The second-order valence-corrected chi connectivity index (χ2v) is 4.04. The number of benzene rings is 1. The predicted molar refractivity (Wildman–Crippen MR) is 70.4 cm³/mol. The van der Waals surface area contributed by atoms with Crippen LogP contribution in [-0.4, -0.2) is 12.2 Å². The summed E-state index contributed by atoms with van der Waals surface area (Å²) in [5.74, 6) is 0.621. The van der Waals surface area contributed by atoms with Gasteiger partial charge in [-0.3, -0.25) is 0 Å². The summed E-state index contributed by atoms with van der Waals surface area (Å²) in [6, 6.07) is 8.42. The van der Waals surface area contributed by atoms with Crippen molar-refractivity contribution in [2.45, 2.75) is 26.2 Å². The van der Waals surface area contributed by atoms with Gasteiger partial charge in [0.25, 0.3) is 0 Å². The summed E-state index contributed by atoms with van der Waals surface area (Å²) in [7, 11) is 1.81. The molecule has 0 aromatic heterocycles. The van der Waals surface area contributed by atoms with E-state index in [2.05, 4.69) is 48.7 Å². The highest BCUT2D eigenvalue weighted by molar-refractivity contribution is 7.80. The lowest BCUT2D eigenvalue weighted by molar-refractivity contribution is 0.734. The summed E-state index contributed by atoms with van der Waals surface area (Å²) in [5, 5.41) is 6.62. The molecule has 1 atom stereocenters. The second-order valence-electron chi connectivity index (χ2n) is 3.64. The highest BCUT2D eigenvalue weighted by Crippen LogP contribution is 2.20. The topological polar surface area (TPSA) is 24.1 Å². The Labute approximate surface area is 97.1 Å². The molecule has 0 bridgehead atoms.